The molecule has 0 heterocycles. The maximum Gasteiger partial charge on any atom is 0.306 e. The molecule has 1 atom stereocenters. The first kappa shape index (κ1) is 18.1. The standard InChI is InChI=1S/C15H28O4/c1-3-5-6-7-8-9-13(4-2)12-15(18)19-11-10-14(16)17/h4,13-14,16-17H,2-3,5-12H2,1H3. The molecule has 0 saturated carbocycles. The summed E-state index contributed by atoms with van der Waals surface area (Å²) in [6.45, 7) is 5.99. The number of aliphatic hydroxyl groups excluding tert-OH is 1. The predicted molar refractivity (Wildman–Crippen MR) is 75.5 cm³/mol. The van der Waals surface area contributed by atoms with E-state index in [1.165, 1.54) is 25.7 Å². The Morgan fingerprint density at radius 3 is 2.47 bits per heavy atom. The zero-order valence-corrected chi connectivity index (χ0v) is 12.0. The Labute approximate surface area is 116 Å². The van der Waals surface area contributed by atoms with Crippen molar-refractivity contribution in [2.24, 2.45) is 5.92 Å². The van der Waals surface area contributed by atoms with Gasteiger partial charge in [0.1, 0.15) is 0 Å². The number of carbonyl (C=O) groups is 1. The molecule has 1 unspecified atom stereocenters. The quantitative estimate of drug-likeness (QED) is 0.248. The first-order chi connectivity index (χ1) is 9.10. The van der Waals surface area contributed by atoms with Crippen molar-refractivity contribution in [3.8, 4) is 0 Å². The van der Waals surface area contributed by atoms with Crippen LogP contribution in [0.4, 0.5) is 0 Å². The van der Waals surface area contributed by atoms with Crippen molar-refractivity contribution >= 4 is 5.97 Å². The molecule has 0 fully saturated rings. The molecule has 0 spiro atoms. The van der Waals surface area contributed by atoms with E-state index in [-0.39, 0.29) is 24.9 Å². The van der Waals surface area contributed by atoms with Crippen LogP contribution in [-0.4, -0.2) is 29.1 Å². The van der Waals surface area contributed by atoms with Crippen LogP contribution in [0.2, 0.25) is 0 Å². The van der Waals surface area contributed by atoms with Gasteiger partial charge in [0.25, 0.3) is 0 Å². The van der Waals surface area contributed by atoms with Gasteiger partial charge in [-0.2, -0.15) is 0 Å². The number of hydrogen-bond acceptors (Lipinski definition) is 4. The molecular formula is C15H28O4. The third-order valence-corrected chi connectivity index (χ3v) is 3.08. The molecular weight excluding hydrogens is 244 g/mol. The van der Waals surface area contributed by atoms with Crippen LogP contribution in [0.25, 0.3) is 0 Å². The van der Waals surface area contributed by atoms with Crippen molar-refractivity contribution in [3.05, 3.63) is 12.7 Å². The Morgan fingerprint density at radius 2 is 1.89 bits per heavy atom. The molecule has 112 valence electrons. The highest BCUT2D eigenvalue weighted by Crippen LogP contribution is 2.16. The number of ether oxygens (including phenoxy) is 1. The molecule has 0 aliphatic rings. The van der Waals surface area contributed by atoms with Gasteiger partial charge in [-0.05, 0) is 12.3 Å². The van der Waals surface area contributed by atoms with Gasteiger partial charge in [0.2, 0.25) is 0 Å². The number of aliphatic hydroxyl groups is 2. The predicted octanol–water partition coefficient (Wildman–Crippen LogP) is 2.78. The van der Waals surface area contributed by atoms with Crippen LogP contribution in [0.5, 0.6) is 0 Å². The lowest BCUT2D eigenvalue weighted by Crippen LogP contribution is -2.14. The highest BCUT2D eigenvalue weighted by molar-refractivity contribution is 5.69. The molecule has 0 aromatic rings. The Balaban J connectivity index is 3.66. The van der Waals surface area contributed by atoms with E-state index < -0.39 is 6.29 Å². The van der Waals surface area contributed by atoms with Gasteiger partial charge < -0.3 is 14.9 Å². The van der Waals surface area contributed by atoms with E-state index >= 15 is 0 Å². The normalized spacial score (nSPS) is 12.4. The summed E-state index contributed by atoms with van der Waals surface area (Å²) in [5.74, 6) is -0.132. The number of hydrogen-bond donors (Lipinski definition) is 2. The van der Waals surface area contributed by atoms with Crippen LogP contribution >= 0.6 is 0 Å². The zero-order valence-electron chi connectivity index (χ0n) is 12.0. The zero-order chi connectivity index (χ0) is 14.5. The van der Waals surface area contributed by atoms with Crippen LogP contribution in [0, 0.1) is 5.92 Å². The van der Waals surface area contributed by atoms with E-state index in [1.807, 2.05) is 6.08 Å². The minimum atomic E-state index is -1.42. The van der Waals surface area contributed by atoms with Crippen molar-refractivity contribution in [2.75, 3.05) is 6.61 Å². The van der Waals surface area contributed by atoms with E-state index in [9.17, 15) is 4.79 Å². The minimum Gasteiger partial charge on any atom is -0.465 e. The summed E-state index contributed by atoms with van der Waals surface area (Å²) in [6, 6.07) is 0. The van der Waals surface area contributed by atoms with Crippen LogP contribution in [0.15, 0.2) is 12.7 Å². The molecule has 0 saturated heterocycles. The Kier molecular flexibility index (Phi) is 11.6. The van der Waals surface area contributed by atoms with Gasteiger partial charge in [-0.15, -0.1) is 6.58 Å². The van der Waals surface area contributed by atoms with Gasteiger partial charge in [-0.3, -0.25) is 4.79 Å². The third-order valence-electron chi connectivity index (χ3n) is 3.08. The lowest BCUT2D eigenvalue weighted by molar-refractivity contribution is -0.146. The Hall–Kier alpha value is -0.870. The Morgan fingerprint density at radius 1 is 1.21 bits per heavy atom. The maximum absolute atomic E-state index is 11.5. The maximum atomic E-state index is 11.5. The second kappa shape index (κ2) is 12.2. The SMILES string of the molecule is C=CC(CCCCCCC)CC(=O)OCCC(O)O. The summed E-state index contributed by atoms with van der Waals surface area (Å²) < 4.78 is 4.92. The third kappa shape index (κ3) is 11.9. The fourth-order valence-electron chi connectivity index (χ4n) is 1.86. The van der Waals surface area contributed by atoms with Crippen LogP contribution in [0.1, 0.15) is 58.3 Å². The van der Waals surface area contributed by atoms with E-state index in [2.05, 4.69) is 13.5 Å². The van der Waals surface area contributed by atoms with Crippen molar-refractivity contribution in [2.45, 2.75) is 64.6 Å². The average molecular weight is 272 g/mol. The van der Waals surface area contributed by atoms with Crippen molar-refractivity contribution < 1.29 is 19.7 Å². The second-order valence-electron chi connectivity index (χ2n) is 4.89. The molecule has 0 aromatic carbocycles. The molecule has 2 N–H and O–H groups in total. The van der Waals surface area contributed by atoms with E-state index in [0.717, 1.165) is 12.8 Å². The smallest absolute Gasteiger partial charge is 0.306 e. The van der Waals surface area contributed by atoms with Gasteiger partial charge in [0, 0.05) is 6.42 Å². The number of carbonyl (C=O) groups excluding carboxylic acids is 1. The van der Waals surface area contributed by atoms with Crippen molar-refractivity contribution in [1.82, 2.24) is 0 Å². The summed E-state index contributed by atoms with van der Waals surface area (Å²) >= 11 is 0. The summed E-state index contributed by atoms with van der Waals surface area (Å²) in [4.78, 5) is 11.5. The summed E-state index contributed by atoms with van der Waals surface area (Å²) in [5.41, 5.74) is 0. The molecule has 0 aromatic heterocycles. The molecule has 0 aliphatic carbocycles. The molecule has 4 nitrogen and oxygen atoms in total. The summed E-state index contributed by atoms with van der Waals surface area (Å²) in [5, 5.41) is 17.3. The molecule has 0 radical (unpaired) electrons. The fraction of sp³-hybridized carbons (Fsp3) is 0.800. The minimum absolute atomic E-state index is 0.0524. The fourth-order valence-corrected chi connectivity index (χ4v) is 1.86. The monoisotopic (exact) mass is 272 g/mol. The van der Waals surface area contributed by atoms with E-state index in [0.29, 0.717) is 6.42 Å². The van der Waals surface area contributed by atoms with E-state index in [1.54, 1.807) is 0 Å². The van der Waals surface area contributed by atoms with Crippen molar-refractivity contribution in [1.29, 1.82) is 0 Å². The average Bonchev–Trinajstić information content (AvgIpc) is 2.36. The molecule has 0 amide bonds. The topological polar surface area (TPSA) is 66.8 Å². The van der Waals surface area contributed by atoms with Crippen LogP contribution in [-0.2, 0) is 9.53 Å². The van der Waals surface area contributed by atoms with Gasteiger partial charge in [-0.1, -0.05) is 45.1 Å². The van der Waals surface area contributed by atoms with Crippen LogP contribution < -0.4 is 0 Å². The molecule has 0 aliphatic heterocycles. The summed E-state index contributed by atoms with van der Waals surface area (Å²) in [6.07, 6.45) is 7.80. The first-order valence-corrected chi connectivity index (χ1v) is 7.24. The first-order valence-electron chi connectivity index (χ1n) is 7.24. The molecule has 0 bridgehead atoms. The largest absolute Gasteiger partial charge is 0.465 e. The number of allylic oxidation sites excluding steroid dienone is 1. The van der Waals surface area contributed by atoms with Gasteiger partial charge in [0.05, 0.1) is 13.0 Å². The highest BCUT2D eigenvalue weighted by atomic mass is 16.5. The van der Waals surface area contributed by atoms with E-state index in [4.69, 9.17) is 14.9 Å². The molecule has 0 rings (SSSR count). The van der Waals surface area contributed by atoms with Gasteiger partial charge in [-0.25, -0.2) is 0 Å². The van der Waals surface area contributed by atoms with Gasteiger partial charge in [0.15, 0.2) is 6.29 Å². The number of unbranched alkanes of at least 4 members (excludes halogenated alkanes) is 4. The van der Waals surface area contributed by atoms with Gasteiger partial charge >= 0.3 is 5.97 Å². The van der Waals surface area contributed by atoms with Crippen LogP contribution in [0.3, 0.4) is 0 Å². The number of rotatable bonds is 12. The molecule has 4 heteroatoms. The molecule has 19 heavy (non-hydrogen) atoms. The number of esters is 1. The highest BCUT2D eigenvalue weighted by Gasteiger charge is 2.12. The van der Waals surface area contributed by atoms with Crippen molar-refractivity contribution in [3.63, 3.8) is 0 Å². The lowest BCUT2D eigenvalue weighted by Gasteiger charge is -2.12. The lowest BCUT2D eigenvalue weighted by atomic mass is 9.97. The second-order valence-corrected chi connectivity index (χ2v) is 4.89. The Bertz CT molecular complexity index is 238. The summed E-state index contributed by atoms with van der Waals surface area (Å²) in [7, 11) is 0.